The van der Waals surface area contributed by atoms with Crippen LogP contribution >= 0.6 is 11.8 Å². The molecule has 78 valence electrons. The van der Waals surface area contributed by atoms with Crippen LogP contribution in [0.4, 0.5) is 0 Å². The van der Waals surface area contributed by atoms with Crippen molar-refractivity contribution >= 4 is 11.8 Å². The van der Waals surface area contributed by atoms with Crippen molar-refractivity contribution in [2.24, 2.45) is 12.8 Å². The van der Waals surface area contributed by atoms with Crippen LogP contribution in [0.2, 0.25) is 0 Å². The molecule has 0 saturated carbocycles. The van der Waals surface area contributed by atoms with Crippen LogP contribution < -0.4 is 5.73 Å². The Kier molecular flexibility index (Phi) is 2.98. The van der Waals surface area contributed by atoms with Gasteiger partial charge in [-0.25, -0.2) is 9.97 Å². The fourth-order valence-electron chi connectivity index (χ4n) is 1.12. The molecule has 0 fully saturated rings. The quantitative estimate of drug-likeness (QED) is 0.831. The molecule has 2 heterocycles. The van der Waals surface area contributed by atoms with Gasteiger partial charge in [-0.15, -0.1) is 0 Å². The van der Waals surface area contributed by atoms with Crippen molar-refractivity contribution in [3.8, 4) is 0 Å². The highest BCUT2D eigenvalue weighted by molar-refractivity contribution is 7.99. The van der Waals surface area contributed by atoms with E-state index in [0.717, 1.165) is 15.9 Å². The van der Waals surface area contributed by atoms with Gasteiger partial charge in [-0.05, 0) is 11.8 Å². The Morgan fingerprint density at radius 2 is 2.07 bits per heavy atom. The lowest BCUT2D eigenvalue weighted by molar-refractivity contribution is 0.785. The lowest BCUT2D eigenvalue weighted by Gasteiger charge is -2.04. The molecule has 15 heavy (non-hydrogen) atoms. The number of rotatable bonds is 3. The van der Waals surface area contributed by atoms with Gasteiger partial charge in [0.25, 0.3) is 0 Å². The molecule has 2 aromatic heterocycles. The Morgan fingerprint density at radius 1 is 1.27 bits per heavy atom. The molecular weight excluding hydrogens is 210 g/mol. The summed E-state index contributed by atoms with van der Waals surface area (Å²) in [5, 5.41) is 1.69. The van der Waals surface area contributed by atoms with E-state index in [0.29, 0.717) is 6.54 Å². The predicted molar refractivity (Wildman–Crippen MR) is 57.3 cm³/mol. The molecule has 0 atom stereocenters. The number of nitrogens with zero attached hydrogens (tertiary/aromatic N) is 4. The maximum absolute atomic E-state index is 5.57. The van der Waals surface area contributed by atoms with Gasteiger partial charge in [-0.3, -0.25) is 4.98 Å². The van der Waals surface area contributed by atoms with Gasteiger partial charge in [0.15, 0.2) is 5.16 Å². The van der Waals surface area contributed by atoms with E-state index in [4.69, 9.17) is 5.73 Å². The van der Waals surface area contributed by atoms with Gasteiger partial charge < -0.3 is 10.3 Å². The Bertz CT molecular complexity index is 453. The molecule has 2 N–H and O–H groups in total. The number of nitrogens with two attached hydrogens (primary N) is 1. The second kappa shape index (κ2) is 4.41. The topological polar surface area (TPSA) is 69.6 Å². The minimum atomic E-state index is 0.389. The third-order valence-corrected chi connectivity index (χ3v) is 3.00. The summed E-state index contributed by atoms with van der Waals surface area (Å²) >= 11 is 1.47. The molecule has 0 radical (unpaired) electrons. The average molecular weight is 221 g/mol. The van der Waals surface area contributed by atoms with Crippen molar-refractivity contribution in [1.29, 1.82) is 0 Å². The van der Waals surface area contributed by atoms with Crippen LogP contribution in [0.1, 0.15) is 5.69 Å². The maximum Gasteiger partial charge on any atom is 0.174 e. The zero-order valence-electron chi connectivity index (χ0n) is 8.29. The summed E-state index contributed by atoms with van der Waals surface area (Å²) in [6.45, 7) is 0.389. The summed E-state index contributed by atoms with van der Waals surface area (Å²) in [6, 6.07) is 0. The third kappa shape index (κ3) is 2.16. The van der Waals surface area contributed by atoms with Gasteiger partial charge in [0.2, 0.25) is 0 Å². The number of aromatic nitrogens is 4. The zero-order valence-corrected chi connectivity index (χ0v) is 9.11. The highest BCUT2D eigenvalue weighted by Crippen LogP contribution is 2.25. The van der Waals surface area contributed by atoms with Crippen LogP contribution in [0.5, 0.6) is 0 Å². The van der Waals surface area contributed by atoms with Crippen molar-refractivity contribution < 1.29 is 0 Å². The van der Waals surface area contributed by atoms with Gasteiger partial charge in [0.1, 0.15) is 5.03 Å². The fourth-order valence-corrected chi connectivity index (χ4v) is 1.97. The Hall–Kier alpha value is -1.40. The Labute approximate surface area is 91.8 Å². The SMILES string of the molecule is Cn1ccnc1Sc1nccnc1CN. The van der Waals surface area contributed by atoms with Crippen molar-refractivity contribution in [3.63, 3.8) is 0 Å². The van der Waals surface area contributed by atoms with Crippen LogP contribution in [0.15, 0.2) is 35.0 Å². The van der Waals surface area contributed by atoms with E-state index in [1.54, 1.807) is 18.6 Å². The fraction of sp³-hybridized carbons (Fsp3) is 0.222. The third-order valence-electron chi connectivity index (χ3n) is 1.89. The molecule has 0 aliphatic heterocycles. The second-order valence-corrected chi connectivity index (χ2v) is 3.89. The van der Waals surface area contributed by atoms with Crippen molar-refractivity contribution in [2.75, 3.05) is 0 Å². The van der Waals surface area contributed by atoms with Crippen LogP contribution in [0.25, 0.3) is 0 Å². The Balaban J connectivity index is 2.28. The van der Waals surface area contributed by atoms with E-state index in [1.165, 1.54) is 11.8 Å². The molecule has 0 bridgehead atoms. The molecule has 6 heteroatoms. The number of aryl methyl sites for hydroxylation is 1. The summed E-state index contributed by atoms with van der Waals surface area (Å²) in [4.78, 5) is 12.6. The lowest BCUT2D eigenvalue weighted by Crippen LogP contribution is -2.03. The molecule has 0 aliphatic carbocycles. The number of imidazole rings is 1. The standard InChI is InChI=1S/C9H11N5S/c1-14-5-4-13-9(14)15-8-7(6-10)11-2-3-12-8/h2-5H,6,10H2,1H3. The molecule has 5 nitrogen and oxygen atoms in total. The van der Waals surface area contributed by atoms with Gasteiger partial charge >= 0.3 is 0 Å². The first-order chi connectivity index (χ1) is 7.31. The van der Waals surface area contributed by atoms with Crippen molar-refractivity contribution in [1.82, 2.24) is 19.5 Å². The molecule has 2 rings (SSSR count). The van der Waals surface area contributed by atoms with Crippen LogP contribution in [0.3, 0.4) is 0 Å². The van der Waals surface area contributed by atoms with E-state index in [1.807, 2.05) is 17.8 Å². The van der Waals surface area contributed by atoms with Crippen molar-refractivity contribution in [2.45, 2.75) is 16.7 Å². The summed E-state index contributed by atoms with van der Waals surface area (Å²) in [5.41, 5.74) is 6.37. The first kappa shape index (κ1) is 10.1. The predicted octanol–water partition coefficient (Wildman–Crippen LogP) is 0.820. The van der Waals surface area contributed by atoms with Crippen molar-refractivity contribution in [3.05, 3.63) is 30.5 Å². The molecular formula is C9H11N5S. The molecule has 0 spiro atoms. The van der Waals surface area contributed by atoms with Gasteiger partial charge in [-0.1, -0.05) is 0 Å². The molecule has 2 aromatic rings. The van der Waals surface area contributed by atoms with E-state index in [2.05, 4.69) is 15.0 Å². The Morgan fingerprint density at radius 3 is 2.73 bits per heavy atom. The normalized spacial score (nSPS) is 10.5. The second-order valence-electron chi connectivity index (χ2n) is 2.94. The van der Waals surface area contributed by atoms with Crippen LogP contribution in [-0.4, -0.2) is 19.5 Å². The van der Waals surface area contributed by atoms with E-state index in [-0.39, 0.29) is 0 Å². The minimum Gasteiger partial charge on any atom is -0.329 e. The van der Waals surface area contributed by atoms with Gasteiger partial charge in [0, 0.05) is 38.4 Å². The van der Waals surface area contributed by atoms with E-state index < -0.39 is 0 Å². The van der Waals surface area contributed by atoms with E-state index in [9.17, 15) is 0 Å². The molecule has 0 aromatic carbocycles. The van der Waals surface area contributed by atoms with Crippen LogP contribution in [0, 0.1) is 0 Å². The molecule has 0 amide bonds. The molecule has 0 saturated heterocycles. The molecule has 0 aliphatic rings. The zero-order chi connectivity index (χ0) is 10.7. The van der Waals surface area contributed by atoms with E-state index >= 15 is 0 Å². The lowest BCUT2D eigenvalue weighted by atomic mass is 10.5. The van der Waals surface area contributed by atoms with Crippen LogP contribution in [-0.2, 0) is 13.6 Å². The minimum absolute atomic E-state index is 0.389. The molecule has 0 unspecified atom stereocenters. The summed E-state index contributed by atoms with van der Waals surface area (Å²) in [6.07, 6.45) is 6.94. The van der Waals surface area contributed by atoms with Gasteiger partial charge in [-0.2, -0.15) is 0 Å². The highest BCUT2D eigenvalue weighted by Gasteiger charge is 2.08. The maximum atomic E-state index is 5.57. The first-order valence-electron chi connectivity index (χ1n) is 4.46. The average Bonchev–Trinajstić information content (AvgIpc) is 2.65. The van der Waals surface area contributed by atoms with Gasteiger partial charge in [0.05, 0.1) is 5.69 Å². The summed E-state index contributed by atoms with van der Waals surface area (Å²) in [7, 11) is 1.94. The number of hydrogen-bond donors (Lipinski definition) is 1. The number of hydrogen-bond acceptors (Lipinski definition) is 5. The smallest absolute Gasteiger partial charge is 0.174 e. The summed E-state index contributed by atoms with van der Waals surface area (Å²) in [5.74, 6) is 0. The largest absolute Gasteiger partial charge is 0.329 e. The monoisotopic (exact) mass is 221 g/mol. The highest BCUT2D eigenvalue weighted by atomic mass is 32.2. The summed E-state index contributed by atoms with van der Waals surface area (Å²) < 4.78 is 1.93. The first-order valence-corrected chi connectivity index (χ1v) is 5.28.